The molecule has 1 heterocycles. The van der Waals surface area contributed by atoms with E-state index in [4.69, 9.17) is 9.47 Å². The van der Waals surface area contributed by atoms with Crippen molar-refractivity contribution in [2.75, 3.05) is 19.6 Å². The smallest absolute Gasteiger partial charge is 0.181 e. The fourth-order valence-corrected chi connectivity index (χ4v) is 9.77. The third-order valence-electron chi connectivity index (χ3n) is 12.1. The third-order valence-corrected chi connectivity index (χ3v) is 12.1. The van der Waals surface area contributed by atoms with Crippen molar-refractivity contribution in [2.24, 2.45) is 28.6 Å². The molecule has 9 atom stereocenters. The highest BCUT2D eigenvalue weighted by molar-refractivity contribution is 5.94. The lowest BCUT2D eigenvalue weighted by atomic mass is 9.45. The van der Waals surface area contributed by atoms with Crippen LogP contribution < -0.4 is 0 Å². The zero-order valence-corrected chi connectivity index (χ0v) is 24.1. The molecule has 39 heavy (non-hydrogen) atoms. The van der Waals surface area contributed by atoms with Crippen LogP contribution in [0.3, 0.4) is 0 Å². The molecule has 6 aliphatic rings. The molecule has 1 aliphatic heterocycles. The summed E-state index contributed by atoms with van der Waals surface area (Å²) in [6.45, 7) is 9.79. The van der Waals surface area contributed by atoms with Crippen LogP contribution in [0.15, 0.2) is 23.8 Å². The van der Waals surface area contributed by atoms with E-state index in [0.717, 1.165) is 44.3 Å². The quantitative estimate of drug-likeness (QED) is 0.479. The van der Waals surface area contributed by atoms with Gasteiger partial charge in [0, 0.05) is 29.1 Å². The van der Waals surface area contributed by atoms with Gasteiger partial charge in [-0.25, -0.2) is 4.39 Å². The number of carbonyl (C=O) groups is 2. The monoisotopic (exact) mass is 543 g/mol. The highest BCUT2D eigenvalue weighted by Crippen LogP contribution is 2.71. The van der Waals surface area contributed by atoms with E-state index in [2.05, 4.69) is 25.7 Å². The molecular weight excluding hydrogens is 497 g/mol. The molecule has 0 aromatic rings. The highest BCUT2D eigenvalue weighted by Gasteiger charge is 2.79. The lowest BCUT2D eigenvalue weighted by molar-refractivity contribution is -0.232. The van der Waals surface area contributed by atoms with Gasteiger partial charge < -0.3 is 14.6 Å². The van der Waals surface area contributed by atoms with Crippen LogP contribution in [0.2, 0.25) is 0 Å². The van der Waals surface area contributed by atoms with Gasteiger partial charge in [0.15, 0.2) is 29.1 Å². The minimum Gasteiger partial charge on any atom is -0.390 e. The number of alkyl halides is 1. The summed E-state index contributed by atoms with van der Waals surface area (Å²) in [5.74, 6) is -0.434. The predicted molar refractivity (Wildman–Crippen MR) is 146 cm³/mol. The van der Waals surface area contributed by atoms with Gasteiger partial charge in [-0.1, -0.05) is 57.8 Å². The van der Waals surface area contributed by atoms with Gasteiger partial charge in [0.25, 0.3) is 0 Å². The van der Waals surface area contributed by atoms with E-state index in [-0.39, 0.29) is 42.8 Å². The number of nitrogens with zero attached hydrogens (tertiary/aromatic N) is 1. The number of ketones is 2. The molecule has 7 heteroatoms. The average Bonchev–Trinajstić information content (AvgIpc) is 3.42. The van der Waals surface area contributed by atoms with Crippen LogP contribution in [0.4, 0.5) is 4.39 Å². The molecule has 0 radical (unpaired) electrons. The van der Waals surface area contributed by atoms with Gasteiger partial charge in [-0.3, -0.25) is 14.5 Å². The first-order chi connectivity index (χ1) is 18.5. The predicted octanol–water partition coefficient (Wildman–Crippen LogP) is 4.94. The van der Waals surface area contributed by atoms with Crippen molar-refractivity contribution in [1.82, 2.24) is 4.90 Å². The second-order valence-corrected chi connectivity index (χ2v) is 13.6. The maximum absolute atomic E-state index is 17.6. The molecule has 0 spiro atoms. The summed E-state index contributed by atoms with van der Waals surface area (Å²) in [4.78, 5) is 28.8. The SMILES string of the molecule is CCN(CC)CC(=O)[C@@]12O[C@H](C3CCCCC3)O[C@@H]1C[C@H]1[C@@H]3CC=C4CC(=O)C=C[C@]4(C)[C@@]3(F)[C@@H](O)C[C@@]12C. The van der Waals surface area contributed by atoms with Crippen LogP contribution in [-0.2, 0) is 19.1 Å². The van der Waals surface area contributed by atoms with Crippen molar-refractivity contribution in [3.05, 3.63) is 23.8 Å². The summed E-state index contributed by atoms with van der Waals surface area (Å²) < 4.78 is 31.3. The molecule has 1 N–H and O–H groups in total. The van der Waals surface area contributed by atoms with Crippen molar-refractivity contribution in [3.63, 3.8) is 0 Å². The van der Waals surface area contributed by atoms with E-state index >= 15 is 4.39 Å². The second kappa shape index (κ2) is 9.57. The fourth-order valence-electron chi connectivity index (χ4n) is 9.77. The van der Waals surface area contributed by atoms with Gasteiger partial charge in [0.05, 0.1) is 18.8 Å². The molecule has 5 aliphatic carbocycles. The number of rotatable bonds is 6. The number of Topliss-reactive ketones (excluding diaryl/α,β-unsaturated/α-hetero) is 1. The summed E-state index contributed by atoms with van der Waals surface area (Å²) >= 11 is 0. The summed E-state index contributed by atoms with van der Waals surface area (Å²) in [5.41, 5.74) is -4.17. The number of ether oxygens (including phenoxy) is 2. The molecule has 1 saturated heterocycles. The highest BCUT2D eigenvalue weighted by atomic mass is 19.1. The van der Waals surface area contributed by atoms with Crippen LogP contribution in [0, 0.1) is 28.6 Å². The Balaban J connectivity index is 1.41. The Hall–Kier alpha value is -1.41. The first kappa shape index (κ1) is 27.7. The van der Waals surface area contributed by atoms with Crippen LogP contribution in [0.5, 0.6) is 0 Å². The number of carbonyl (C=O) groups excluding carboxylic acids is 2. The van der Waals surface area contributed by atoms with E-state index < -0.39 is 46.5 Å². The van der Waals surface area contributed by atoms with E-state index in [0.29, 0.717) is 12.8 Å². The zero-order valence-electron chi connectivity index (χ0n) is 24.1. The second-order valence-electron chi connectivity index (χ2n) is 13.6. The van der Waals surface area contributed by atoms with E-state index in [1.54, 1.807) is 6.08 Å². The normalized spacial score (nSPS) is 47.4. The lowest BCUT2D eigenvalue weighted by Crippen LogP contribution is -2.69. The Bertz CT molecular complexity index is 1080. The van der Waals surface area contributed by atoms with Crippen molar-refractivity contribution in [2.45, 2.75) is 115 Å². The van der Waals surface area contributed by atoms with Crippen molar-refractivity contribution >= 4 is 11.6 Å². The molecule has 0 bridgehead atoms. The Labute approximate surface area is 232 Å². The van der Waals surface area contributed by atoms with Gasteiger partial charge in [-0.15, -0.1) is 0 Å². The number of allylic oxidation sites excluding steroid dienone is 4. The molecule has 0 aromatic carbocycles. The Morgan fingerprint density at radius 2 is 1.87 bits per heavy atom. The molecule has 216 valence electrons. The first-order valence-electron chi connectivity index (χ1n) is 15.4. The number of fused-ring (bicyclic) bond motifs is 7. The molecule has 3 saturated carbocycles. The Kier molecular flexibility index (Phi) is 6.81. The Morgan fingerprint density at radius 3 is 2.56 bits per heavy atom. The fraction of sp³-hybridized carbons (Fsp3) is 0.812. The van der Waals surface area contributed by atoms with Crippen molar-refractivity contribution in [1.29, 1.82) is 0 Å². The summed E-state index contributed by atoms with van der Waals surface area (Å²) in [6.07, 6.45) is 9.96. The number of aliphatic hydroxyl groups is 1. The average molecular weight is 544 g/mol. The summed E-state index contributed by atoms with van der Waals surface area (Å²) in [7, 11) is 0. The van der Waals surface area contributed by atoms with E-state index in [9.17, 15) is 14.7 Å². The molecule has 0 amide bonds. The molecule has 0 aromatic heterocycles. The van der Waals surface area contributed by atoms with Gasteiger partial charge in [0.1, 0.15) is 0 Å². The van der Waals surface area contributed by atoms with Crippen LogP contribution in [0.1, 0.15) is 85.5 Å². The topological polar surface area (TPSA) is 76.1 Å². The lowest BCUT2D eigenvalue weighted by Gasteiger charge is -2.62. The van der Waals surface area contributed by atoms with Gasteiger partial charge in [0.2, 0.25) is 0 Å². The standard InChI is InChI=1S/C32H46FNO5/c1-5-34(6-2)19-26(37)32-27(38-28(39-32)20-10-8-7-9-11-20)17-24-23-13-12-21-16-22(35)14-15-29(21,3)31(23,33)25(36)18-30(24,32)4/h12,14-15,20,23-25,27-28,36H,5-11,13,16-19H2,1-4H3/t23-,24-,25-,27+,28+,29-,30-,31-,32+/m0/s1. The van der Waals surface area contributed by atoms with Crippen molar-refractivity contribution in [3.8, 4) is 0 Å². The number of hydrogen-bond donors (Lipinski definition) is 1. The first-order valence-corrected chi connectivity index (χ1v) is 15.4. The Morgan fingerprint density at radius 1 is 1.15 bits per heavy atom. The maximum atomic E-state index is 17.6. The molecular formula is C32H46FNO5. The van der Waals surface area contributed by atoms with E-state index in [1.807, 2.05) is 13.0 Å². The van der Waals surface area contributed by atoms with Gasteiger partial charge in [-0.2, -0.15) is 0 Å². The number of likely N-dealkylation sites (N-methyl/N-ethyl adjacent to an activating group) is 1. The molecule has 4 fully saturated rings. The number of aliphatic hydroxyl groups excluding tert-OH is 1. The van der Waals surface area contributed by atoms with Gasteiger partial charge >= 0.3 is 0 Å². The largest absolute Gasteiger partial charge is 0.390 e. The zero-order chi connectivity index (χ0) is 27.8. The van der Waals surface area contributed by atoms with Crippen LogP contribution in [0.25, 0.3) is 0 Å². The number of hydrogen-bond acceptors (Lipinski definition) is 6. The van der Waals surface area contributed by atoms with Crippen molar-refractivity contribution < 1.29 is 28.6 Å². The molecule has 6 nitrogen and oxygen atoms in total. The summed E-state index contributed by atoms with van der Waals surface area (Å²) in [6, 6.07) is 0. The molecule has 6 rings (SSSR count). The van der Waals surface area contributed by atoms with Crippen LogP contribution >= 0.6 is 0 Å². The third kappa shape index (κ3) is 3.65. The van der Waals surface area contributed by atoms with E-state index in [1.165, 1.54) is 12.5 Å². The maximum Gasteiger partial charge on any atom is 0.181 e. The minimum atomic E-state index is -1.93. The molecule has 0 unspecified atom stereocenters. The van der Waals surface area contributed by atoms with Gasteiger partial charge in [-0.05, 0) is 64.1 Å². The van der Waals surface area contributed by atoms with Crippen LogP contribution in [-0.4, -0.2) is 71.0 Å². The summed E-state index contributed by atoms with van der Waals surface area (Å²) in [5, 5.41) is 11.8. The number of halogens is 1. The minimum absolute atomic E-state index is 0.0134.